The number of nitrogens with one attached hydrogen (secondary N) is 1. The van der Waals surface area contributed by atoms with Crippen LogP contribution in [0.3, 0.4) is 0 Å². The van der Waals surface area contributed by atoms with Crippen molar-refractivity contribution in [2.75, 3.05) is 13.1 Å². The number of halogens is 4. The second-order valence-electron chi connectivity index (χ2n) is 8.00. The fraction of sp³-hybridized carbons (Fsp3) is 0.611. The topological polar surface area (TPSA) is 41.6 Å². The van der Waals surface area contributed by atoms with Gasteiger partial charge in [-0.15, -0.1) is 0 Å². The monoisotopic (exact) mass is 374 g/mol. The van der Waals surface area contributed by atoms with E-state index in [1.54, 1.807) is 25.7 Å². The number of alkyl halides is 3. The lowest BCUT2D eigenvalue weighted by Crippen LogP contribution is -2.62. The lowest BCUT2D eigenvalue weighted by Gasteiger charge is -2.42. The van der Waals surface area contributed by atoms with Gasteiger partial charge in [0.25, 0.3) is 0 Å². The van der Waals surface area contributed by atoms with Gasteiger partial charge in [-0.05, 0) is 51.3 Å². The standard InChI is InChI=1S/C18H22F4N2O2/c1-16(2,3)26-15(25)24-9-12(10-24)23-17(6-7-17)11-4-5-14(19)13(8-11)18(20,21)22/h4-5,8,12,23H,6-7,9-10H2,1-3H3. The number of carbonyl (C=O) groups is 1. The Morgan fingerprint density at radius 2 is 1.85 bits per heavy atom. The van der Waals surface area contributed by atoms with E-state index in [1.165, 1.54) is 6.07 Å². The highest BCUT2D eigenvalue weighted by Gasteiger charge is 2.49. The molecule has 0 unspecified atom stereocenters. The van der Waals surface area contributed by atoms with E-state index < -0.39 is 34.8 Å². The molecule has 1 aliphatic carbocycles. The van der Waals surface area contributed by atoms with Crippen LogP contribution in [0.5, 0.6) is 0 Å². The number of rotatable bonds is 3. The fourth-order valence-corrected chi connectivity index (χ4v) is 3.12. The third-order valence-corrected chi connectivity index (χ3v) is 4.59. The Hall–Kier alpha value is -1.83. The number of hydrogen-bond acceptors (Lipinski definition) is 3. The zero-order valence-corrected chi connectivity index (χ0v) is 14.9. The Morgan fingerprint density at radius 3 is 2.35 bits per heavy atom. The van der Waals surface area contributed by atoms with Gasteiger partial charge in [0.1, 0.15) is 11.4 Å². The smallest absolute Gasteiger partial charge is 0.419 e. The van der Waals surface area contributed by atoms with Crippen molar-refractivity contribution in [3.8, 4) is 0 Å². The van der Waals surface area contributed by atoms with Crippen LogP contribution in [0.25, 0.3) is 0 Å². The largest absolute Gasteiger partial charge is 0.444 e. The summed E-state index contributed by atoms with van der Waals surface area (Å²) in [4.78, 5) is 13.5. The molecule has 2 aliphatic rings. The summed E-state index contributed by atoms with van der Waals surface area (Å²) in [5.41, 5.74) is -1.96. The molecule has 0 aromatic heterocycles. The van der Waals surface area contributed by atoms with Gasteiger partial charge in [-0.3, -0.25) is 0 Å². The number of likely N-dealkylation sites (tertiary alicyclic amines) is 1. The second kappa shape index (κ2) is 6.11. The van der Waals surface area contributed by atoms with Crippen LogP contribution in [0, 0.1) is 5.82 Å². The molecule has 0 spiro atoms. The molecule has 1 saturated carbocycles. The Labute approximate surface area is 149 Å². The highest BCUT2D eigenvalue weighted by molar-refractivity contribution is 5.69. The van der Waals surface area contributed by atoms with Crippen molar-refractivity contribution in [3.63, 3.8) is 0 Å². The Bertz CT molecular complexity index is 702. The fourth-order valence-electron chi connectivity index (χ4n) is 3.12. The quantitative estimate of drug-likeness (QED) is 0.812. The van der Waals surface area contributed by atoms with E-state index in [0.717, 1.165) is 12.1 Å². The van der Waals surface area contributed by atoms with E-state index in [9.17, 15) is 22.4 Å². The average Bonchev–Trinajstić information content (AvgIpc) is 3.20. The van der Waals surface area contributed by atoms with E-state index in [0.29, 0.717) is 31.5 Å². The van der Waals surface area contributed by atoms with Crippen LogP contribution < -0.4 is 5.32 Å². The maximum Gasteiger partial charge on any atom is 0.419 e. The van der Waals surface area contributed by atoms with Crippen LogP contribution in [0.4, 0.5) is 22.4 Å². The van der Waals surface area contributed by atoms with Crippen molar-refractivity contribution in [1.82, 2.24) is 10.2 Å². The molecule has 0 bridgehead atoms. The molecule has 1 aromatic rings. The highest BCUT2D eigenvalue weighted by atomic mass is 19.4. The van der Waals surface area contributed by atoms with Crippen molar-refractivity contribution >= 4 is 6.09 Å². The van der Waals surface area contributed by atoms with Crippen molar-refractivity contribution in [1.29, 1.82) is 0 Å². The minimum Gasteiger partial charge on any atom is -0.444 e. The molecule has 2 fully saturated rings. The van der Waals surface area contributed by atoms with E-state index in [4.69, 9.17) is 4.74 Å². The van der Waals surface area contributed by atoms with Gasteiger partial charge in [-0.25, -0.2) is 9.18 Å². The summed E-state index contributed by atoms with van der Waals surface area (Å²) in [6.07, 6.45) is -3.76. The second-order valence-corrected chi connectivity index (χ2v) is 8.00. The Kier molecular flexibility index (Phi) is 4.45. The van der Waals surface area contributed by atoms with Gasteiger partial charge in [0, 0.05) is 24.7 Å². The molecule has 3 rings (SSSR count). The van der Waals surface area contributed by atoms with Gasteiger partial charge in [-0.2, -0.15) is 13.2 Å². The zero-order chi connectivity index (χ0) is 19.3. The molecule has 0 atom stereocenters. The first kappa shape index (κ1) is 18.9. The summed E-state index contributed by atoms with van der Waals surface area (Å²) in [5, 5.41) is 3.33. The summed E-state index contributed by atoms with van der Waals surface area (Å²) < 4.78 is 57.6. The minimum atomic E-state index is -4.72. The number of ether oxygens (including phenoxy) is 1. The normalized spacial score (nSPS) is 19.9. The highest BCUT2D eigenvalue weighted by Crippen LogP contribution is 2.47. The molecule has 1 heterocycles. The molecular formula is C18H22F4N2O2. The van der Waals surface area contributed by atoms with Gasteiger partial charge in [0.05, 0.1) is 5.56 Å². The van der Waals surface area contributed by atoms with E-state index in [-0.39, 0.29) is 6.04 Å². The Balaban J connectivity index is 1.63. The minimum absolute atomic E-state index is 0.0237. The molecular weight excluding hydrogens is 352 g/mol. The van der Waals surface area contributed by atoms with Crippen LogP contribution in [0.1, 0.15) is 44.7 Å². The molecule has 26 heavy (non-hydrogen) atoms. The molecule has 4 nitrogen and oxygen atoms in total. The summed E-state index contributed by atoms with van der Waals surface area (Å²) in [7, 11) is 0. The lowest BCUT2D eigenvalue weighted by atomic mass is 9.98. The summed E-state index contributed by atoms with van der Waals surface area (Å²) in [6, 6.07) is 3.13. The van der Waals surface area contributed by atoms with Crippen LogP contribution >= 0.6 is 0 Å². The third kappa shape index (κ3) is 3.95. The Morgan fingerprint density at radius 1 is 1.23 bits per heavy atom. The molecule has 1 aromatic carbocycles. The van der Waals surface area contributed by atoms with Gasteiger partial charge >= 0.3 is 12.3 Å². The predicted molar refractivity (Wildman–Crippen MR) is 87.0 cm³/mol. The molecule has 8 heteroatoms. The SMILES string of the molecule is CC(C)(C)OC(=O)N1CC(NC2(c3ccc(F)c(C(F)(F)F)c3)CC2)C1. The number of nitrogens with zero attached hydrogens (tertiary/aromatic N) is 1. The maximum absolute atomic E-state index is 13.5. The zero-order valence-electron chi connectivity index (χ0n) is 14.9. The molecule has 1 aliphatic heterocycles. The number of hydrogen-bond donors (Lipinski definition) is 1. The molecule has 1 N–H and O–H groups in total. The van der Waals surface area contributed by atoms with Crippen LogP contribution in [0.15, 0.2) is 18.2 Å². The van der Waals surface area contributed by atoms with Gasteiger partial charge in [0.15, 0.2) is 0 Å². The van der Waals surface area contributed by atoms with Gasteiger partial charge < -0.3 is 15.0 Å². The van der Waals surface area contributed by atoms with Crippen molar-refractivity contribution in [2.24, 2.45) is 0 Å². The first-order valence-electron chi connectivity index (χ1n) is 8.52. The lowest BCUT2D eigenvalue weighted by molar-refractivity contribution is -0.140. The summed E-state index contributed by atoms with van der Waals surface area (Å²) >= 11 is 0. The first-order valence-corrected chi connectivity index (χ1v) is 8.52. The van der Waals surface area contributed by atoms with Crippen LogP contribution in [-0.2, 0) is 16.5 Å². The third-order valence-electron chi connectivity index (χ3n) is 4.59. The van der Waals surface area contributed by atoms with E-state index in [1.807, 2.05) is 0 Å². The molecule has 1 saturated heterocycles. The van der Waals surface area contributed by atoms with Gasteiger partial charge in [-0.1, -0.05) is 6.07 Å². The number of benzene rings is 1. The van der Waals surface area contributed by atoms with Crippen LogP contribution in [-0.4, -0.2) is 35.7 Å². The van der Waals surface area contributed by atoms with Crippen LogP contribution in [0.2, 0.25) is 0 Å². The summed E-state index contributed by atoms with van der Waals surface area (Å²) in [5.74, 6) is -1.27. The molecule has 0 radical (unpaired) electrons. The number of carbonyl (C=O) groups excluding carboxylic acids is 1. The first-order chi connectivity index (χ1) is 11.9. The predicted octanol–water partition coefficient (Wildman–Crippen LogP) is 4.04. The van der Waals surface area contributed by atoms with Crippen molar-refractivity contribution in [3.05, 3.63) is 35.1 Å². The van der Waals surface area contributed by atoms with Crippen molar-refractivity contribution in [2.45, 2.75) is 57.0 Å². The number of amides is 1. The van der Waals surface area contributed by atoms with Gasteiger partial charge in [0.2, 0.25) is 0 Å². The van der Waals surface area contributed by atoms with Crippen molar-refractivity contribution < 1.29 is 27.1 Å². The van der Waals surface area contributed by atoms with E-state index >= 15 is 0 Å². The molecule has 1 amide bonds. The maximum atomic E-state index is 13.5. The average molecular weight is 374 g/mol. The van der Waals surface area contributed by atoms with E-state index in [2.05, 4.69) is 5.32 Å². The molecule has 144 valence electrons. The summed E-state index contributed by atoms with van der Waals surface area (Å²) in [6.45, 7) is 6.22.